The predicted molar refractivity (Wildman–Crippen MR) is 124 cm³/mol. The molecule has 1 heterocycles. The Labute approximate surface area is 176 Å². The van der Waals surface area contributed by atoms with E-state index in [4.69, 9.17) is 15.8 Å². The minimum Gasteiger partial charge on any atom is -0.298 e. The standard InChI is InChI=1S/C25H16BrN3/c26-17-12-10-16(11-13-17)25-20-14-19(15-6-2-1-3-7-15)23(27)24(28)22(20)18-8-4-5-9-21(18)29-25/h1-14,27-28H. The summed E-state index contributed by atoms with van der Waals surface area (Å²) in [4.78, 5) is 4.95. The first-order valence-electron chi connectivity index (χ1n) is 9.27. The zero-order valence-electron chi connectivity index (χ0n) is 15.4. The van der Waals surface area contributed by atoms with Crippen molar-refractivity contribution in [2.24, 2.45) is 0 Å². The first-order valence-corrected chi connectivity index (χ1v) is 10.1. The van der Waals surface area contributed by atoms with Crippen molar-refractivity contribution in [3.8, 4) is 11.3 Å². The van der Waals surface area contributed by atoms with Crippen LogP contribution in [0.1, 0.15) is 16.7 Å². The number of allylic oxidation sites excluding steroid dienone is 1. The Kier molecular flexibility index (Phi) is 4.22. The van der Waals surface area contributed by atoms with E-state index in [1.165, 1.54) is 0 Å². The van der Waals surface area contributed by atoms with Crippen LogP contribution in [0.5, 0.6) is 0 Å². The van der Waals surface area contributed by atoms with E-state index in [9.17, 15) is 0 Å². The number of halogens is 1. The van der Waals surface area contributed by atoms with E-state index in [1.54, 1.807) is 0 Å². The molecular weight excluding hydrogens is 422 g/mol. The van der Waals surface area contributed by atoms with Crippen molar-refractivity contribution in [3.05, 3.63) is 100 Å². The van der Waals surface area contributed by atoms with Crippen LogP contribution in [0, 0.1) is 10.8 Å². The largest absolute Gasteiger partial charge is 0.298 e. The molecule has 0 amide bonds. The van der Waals surface area contributed by atoms with Gasteiger partial charge in [0.05, 0.1) is 22.6 Å². The van der Waals surface area contributed by atoms with Crippen molar-refractivity contribution in [2.45, 2.75) is 0 Å². The third-order valence-corrected chi connectivity index (χ3v) is 5.72. The molecule has 0 saturated carbocycles. The number of hydrogen-bond donors (Lipinski definition) is 2. The van der Waals surface area contributed by atoms with E-state index in [2.05, 4.69) is 15.9 Å². The van der Waals surface area contributed by atoms with E-state index in [0.717, 1.165) is 48.9 Å². The van der Waals surface area contributed by atoms with Gasteiger partial charge in [0.15, 0.2) is 0 Å². The first kappa shape index (κ1) is 17.7. The maximum absolute atomic E-state index is 8.83. The molecule has 4 heteroatoms. The summed E-state index contributed by atoms with van der Waals surface area (Å²) in [7, 11) is 0. The molecule has 4 aromatic rings. The predicted octanol–water partition coefficient (Wildman–Crippen LogP) is 6.61. The lowest BCUT2D eigenvalue weighted by atomic mass is 9.82. The van der Waals surface area contributed by atoms with Crippen LogP contribution in [0.3, 0.4) is 0 Å². The number of para-hydroxylation sites is 1. The summed E-state index contributed by atoms with van der Waals surface area (Å²) in [6.07, 6.45) is 2.02. The Bertz CT molecular complexity index is 1320. The highest BCUT2D eigenvalue weighted by Gasteiger charge is 2.27. The minimum atomic E-state index is 0.235. The van der Waals surface area contributed by atoms with E-state index >= 15 is 0 Å². The smallest absolute Gasteiger partial charge is 0.0881 e. The Morgan fingerprint density at radius 3 is 2.14 bits per heavy atom. The molecule has 0 bridgehead atoms. The molecule has 0 radical (unpaired) electrons. The van der Waals surface area contributed by atoms with Crippen molar-refractivity contribution < 1.29 is 0 Å². The monoisotopic (exact) mass is 437 g/mol. The molecule has 138 valence electrons. The zero-order chi connectivity index (χ0) is 20.0. The summed E-state index contributed by atoms with van der Waals surface area (Å²) in [5.41, 5.74) is 6.47. The summed E-state index contributed by atoms with van der Waals surface area (Å²) in [6, 6.07) is 25.7. The van der Waals surface area contributed by atoms with Crippen molar-refractivity contribution >= 4 is 49.9 Å². The SMILES string of the molecule is N=C1C(=N)c2c(c(-c3ccc(Br)cc3)nc3ccccc23)C=C1c1ccccc1. The van der Waals surface area contributed by atoms with Crippen molar-refractivity contribution in [2.75, 3.05) is 0 Å². The van der Waals surface area contributed by atoms with Gasteiger partial charge in [-0.05, 0) is 29.8 Å². The number of nitrogens with zero attached hydrogens (tertiary/aromatic N) is 1. The lowest BCUT2D eigenvalue weighted by Gasteiger charge is -2.23. The van der Waals surface area contributed by atoms with Crippen LogP contribution in [-0.4, -0.2) is 16.4 Å². The number of rotatable bonds is 2. The quantitative estimate of drug-likeness (QED) is 0.364. The maximum Gasteiger partial charge on any atom is 0.0881 e. The molecule has 2 N–H and O–H groups in total. The van der Waals surface area contributed by atoms with E-state index < -0.39 is 0 Å². The van der Waals surface area contributed by atoms with Gasteiger partial charge in [0.2, 0.25) is 0 Å². The van der Waals surface area contributed by atoms with Gasteiger partial charge in [-0.15, -0.1) is 0 Å². The molecule has 5 rings (SSSR count). The highest BCUT2D eigenvalue weighted by molar-refractivity contribution is 9.10. The van der Waals surface area contributed by atoms with Crippen molar-refractivity contribution in [1.82, 2.24) is 4.98 Å². The van der Waals surface area contributed by atoms with Crippen LogP contribution >= 0.6 is 15.9 Å². The molecule has 3 aromatic carbocycles. The third kappa shape index (κ3) is 2.93. The molecule has 1 aliphatic carbocycles. The van der Waals surface area contributed by atoms with Crippen LogP contribution in [0.4, 0.5) is 0 Å². The second kappa shape index (κ2) is 6.90. The van der Waals surface area contributed by atoms with Crippen LogP contribution < -0.4 is 0 Å². The normalized spacial score (nSPS) is 13.3. The summed E-state index contributed by atoms with van der Waals surface area (Å²) in [5, 5.41) is 18.4. The van der Waals surface area contributed by atoms with Gasteiger partial charge in [0, 0.05) is 32.1 Å². The number of aromatic nitrogens is 1. The molecule has 3 nitrogen and oxygen atoms in total. The summed E-state index contributed by atoms with van der Waals surface area (Å²) in [6.45, 7) is 0. The van der Waals surface area contributed by atoms with Crippen LogP contribution in [-0.2, 0) is 0 Å². The lowest BCUT2D eigenvalue weighted by molar-refractivity contribution is 1.36. The van der Waals surface area contributed by atoms with Gasteiger partial charge in [-0.3, -0.25) is 10.8 Å². The third-order valence-electron chi connectivity index (χ3n) is 5.19. The van der Waals surface area contributed by atoms with Gasteiger partial charge in [-0.25, -0.2) is 4.98 Å². The number of nitrogens with one attached hydrogen (secondary N) is 2. The molecule has 0 atom stereocenters. The number of hydrogen-bond acceptors (Lipinski definition) is 3. The average molecular weight is 438 g/mol. The van der Waals surface area contributed by atoms with Crippen LogP contribution in [0.15, 0.2) is 83.3 Å². The molecular formula is C25H16BrN3. The fraction of sp³-hybridized carbons (Fsp3) is 0. The van der Waals surface area contributed by atoms with Gasteiger partial charge < -0.3 is 0 Å². The molecule has 1 aromatic heterocycles. The average Bonchev–Trinajstić information content (AvgIpc) is 2.76. The molecule has 0 spiro atoms. The topological polar surface area (TPSA) is 60.6 Å². The fourth-order valence-corrected chi connectivity index (χ4v) is 4.05. The van der Waals surface area contributed by atoms with Crippen molar-refractivity contribution in [3.63, 3.8) is 0 Å². The second-order valence-electron chi connectivity index (χ2n) is 6.95. The molecule has 0 aliphatic heterocycles. The highest BCUT2D eigenvalue weighted by Crippen LogP contribution is 2.37. The first-order chi connectivity index (χ1) is 14.1. The number of fused-ring (bicyclic) bond motifs is 3. The van der Waals surface area contributed by atoms with Gasteiger partial charge in [0.25, 0.3) is 0 Å². The fourth-order valence-electron chi connectivity index (χ4n) is 3.79. The van der Waals surface area contributed by atoms with Crippen LogP contribution in [0.2, 0.25) is 0 Å². The summed E-state index contributed by atoms with van der Waals surface area (Å²) in [5.74, 6) is 0. The maximum atomic E-state index is 8.83. The van der Waals surface area contributed by atoms with Crippen molar-refractivity contribution in [1.29, 1.82) is 10.8 Å². The summed E-state index contributed by atoms with van der Waals surface area (Å²) < 4.78 is 1.01. The Morgan fingerprint density at radius 2 is 1.38 bits per heavy atom. The van der Waals surface area contributed by atoms with E-state index in [-0.39, 0.29) is 11.4 Å². The summed E-state index contributed by atoms with van der Waals surface area (Å²) >= 11 is 3.50. The Balaban J connectivity index is 1.87. The van der Waals surface area contributed by atoms with Gasteiger partial charge in [-0.2, -0.15) is 0 Å². The van der Waals surface area contributed by atoms with Gasteiger partial charge in [-0.1, -0.05) is 76.6 Å². The van der Waals surface area contributed by atoms with Gasteiger partial charge >= 0.3 is 0 Å². The Hall–Kier alpha value is -3.37. The molecule has 29 heavy (non-hydrogen) atoms. The highest BCUT2D eigenvalue weighted by atomic mass is 79.9. The second-order valence-corrected chi connectivity index (χ2v) is 7.86. The van der Waals surface area contributed by atoms with E-state index in [0.29, 0.717) is 0 Å². The number of benzene rings is 3. The zero-order valence-corrected chi connectivity index (χ0v) is 17.0. The molecule has 0 saturated heterocycles. The lowest BCUT2D eigenvalue weighted by Crippen LogP contribution is -2.21. The van der Waals surface area contributed by atoms with E-state index in [1.807, 2.05) is 84.9 Å². The Morgan fingerprint density at radius 1 is 0.690 bits per heavy atom. The van der Waals surface area contributed by atoms with Crippen LogP contribution in [0.25, 0.3) is 33.8 Å². The number of pyridine rings is 1. The molecule has 0 fully saturated rings. The molecule has 1 aliphatic rings. The minimum absolute atomic E-state index is 0.235. The van der Waals surface area contributed by atoms with Gasteiger partial charge in [0.1, 0.15) is 0 Å². The molecule has 0 unspecified atom stereocenters.